The van der Waals surface area contributed by atoms with Gasteiger partial charge in [-0.05, 0) is 61.1 Å². The van der Waals surface area contributed by atoms with E-state index in [9.17, 15) is 4.79 Å². The molecule has 0 radical (unpaired) electrons. The lowest BCUT2D eigenvalue weighted by atomic mass is 9.96. The van der Waals surface area contributed by atoms with Gasteiger partial charge in [-0.3, -0.25) is 4.79 Å². The average Bonchev–Trinajstić information content (AvgIpc) is 3.21. The molecule has 0 aromatic heterocycles. The van der Waals surface area contributed by atoms with Gasteiger partial charge in [-0.2, -0.15) is 0 Å². The normalized spacial score (nSPS) is 15.6. The maximum Gasteiger partial charge on any atom is 0.230 e. The van der Waals surface area contributed by atoms with E-state index in [0.717, 1.165) is 18.5 Å². The van der Waals surface area contributed by atoms with Crippen molar-refractivity contribution in [3.8, 4) is 11.1 Å². The number of rotatable bonds is 3. The Hall–Kier alpha value is -2.09. The molecule has 2 aromatic carbocycles. The van der Waals surface area contributed by atoms with Crippen LogP contribution in [0.3, 0.4) is 0 Å². The van der Waals surface area contributed by atoms with Crippen LogP contribution in [0.2, 0.25) is 0 Å². The number of nitrogens with one attached hydrogen (secondary N) is 1. The lowest BCUT2D eigenvalue weighted by molar-refractivity contribution is -0.120. The number of hydrogen-bond donors (Lipinski definition) is 1. The van der Waals surface area contributed by atoms with Crippen LogP contribution in [0.4, 0.5) is 5.69 Å². The van der Waals surface area contributed by atoms with Gasteiger partial charge in [0.2, 0.25) is 5.91 Å². The first kappa shape index (κ1) is 13.9. The zero-order valence-corrected chi connectivity index (χ0v) is 12.9. The van der Waals surface area contributed by atoms with Crippen LogP contribution in [0.5, 0.6) is 0 Å². The van der Waals surface area contributed by atoms with Gasteiger partial charge in [0.25, 0.3) is 0 Å². The predicted octanol–water partition coefficient (Wildman–Crippen LogP) is 4.71. The first-order chi connectivity index (χ1) is 9.99. The van der Waals surface area contributed by atoms with Gasteiger partial charge in [-0.1, -0.05) is 37.3 Å². The third kappa shape index (κ3) is 2.71. The highest BCUT2D eigenvalue weighted by atomic mass is 16.2. The van der Waals surface area contributed by atoms with Gasteiger partial charge in [-0.25, -0.2) is 0 Å². The molecule has 1 N–H and O–H groups in total. The minimum absolute atomic E-state index is 0.141. The van der Waals surface area contributed by atoms with E-state index in [4.69, 9.17) is 0 Å². The fourth-order valence-electron chi connectivity index (χ4n) is 2.56. The van der Waals surface area contributed by atoms with E-state index in [1.807, 2.05) is 19.1 Å². The van der Waals surface area contributed by atoms with Gasteiger partial charge in [0.1, 0.15) is 0 Å². The monoisotopic (exact) mass is 279 g/mol. The molecule has 2 heteroatoms. The summed E-state index contributed by atoms with van der Waals surface area (Å²) in [6, 6.07) is 14.5. The van der Waals surface area contributed by atoms with Crippen LogP contribution >= 0.6 is 0 Å². The van der Waals surface area contributed by atoms with E-state index in [1.54, 1.807) is 0 Å². The van der Waals surface area contributed by atoms with Gasteiger partial charge in [-0.15, -0.1) is 0 Å². The Morgan fingerprint density at radius 1 is 1.00 bits per heavy atom. The number of amides is 1. The summed E-state index contributed by atoms with van der Waals surface area (Å²) in [5.74, 6) is 0.141. The highest BCUT2D eigenvalue weighted by Gasteiger charge is 2.44. The summed E-state index contributed by atoms with van der Waals surface area (Å²) < 4.78 is 0. The highest BCUT2D eigenvalue weighted by Crippen LogP contribution is 2.45. The number of aryl methyl sites for hydroxylation is 2. The summed E-state index contributed by atoms with van der Waals surface area (Å²) in [5.41, 5.74) is 5.62. The van der Waals surface area contributed by atoms with Gasteiger partial charge < -0.3 is 5.32 Å². The fourth-order valence-corrected chi connectivity index (χ4v) is 2.56. The van der Waals surface area contributed by atoms with Crippen LogP contribution in [0.25, 0.3) is 11.1 Å². The van der Waals surface area contributed by atoms with Crippen molar-refractivity contribution >= 4 is 11.6 Å². The van der Waals surface area contributed by atoms with E-state index in [1.165, 1.54) is 22.3 Å². The number of hydrogen-bond acceptors (Lipinski definition) is 1. The van der Waals surface area contributed by atoms with Crippen LogP contribution in [0, 0.1) is 19.3 Å². The summed E-state index contributed by atoms with van der Waals surface area (Å²) in [5, 5.41) is 3.06. The zero-order valence-electron chi connectivity index (χ0n) is 12.9. The summed E-state index contributed by atoms with van der Waals surface area (Å²) >= 11 is 0. The lowest BCUT2D eigenvalue weighted by Crippen LogP contribution is -2.21. The Labute approximate surface area is 126 Å². The van der Waals surface area contributed by atoms with E-state index in [2.05, 4.69) is 49.5 Å². The van der Waals surface area contributed by atoms with Gasteiger partial charge in [0, 0.05) is 11.1 Å². The Bertz CT molecular complexity index is 698. The number of anilines is 1. The third-order valence-corrected chi connectivity index (χ3v) is 4.48. The summed E-state index contributed by atoms with van der Waals surface area (Å²) in [7, 11) is 0. The SMILES string of the molecule is Cc1ccccc1-c1cc(NC(=O)C2(C)CC2)ccc1C. The topological polar surface area (TPSA) is 29.1 Å². The Morgan fingerprint density at radius 3 is 2.33 bits per heavy atom. The second-order valence-corrected chi connectivity index (χ2v) is 6.36. The molecule has 21 heavy (non-hydrogen) atoms. The smallest absolute Gasteiger partial charge is 0.230 e. The van der Waals surface area contributed by atoms with Crippen molar-refractivity contribution in [3.63, 3.8) is 0 Å². The summed E-state index contributed by atoms with van der Waals surface area (Å²) in [6.45, 7) is 6.25. The van der Waals surface area contributed by atoms with E-state index >= 15 is 0 Å². The van der Waals surface area contributed by atoms with Crippen molar-refractivity contribution in [2.45, 2.75) is 33.6 Å². The molecule has 1 aliphatic carbocycles. The molecular weight excluding hydrogens is 258 g/mol. The van der Waals surface area contributed by atoms with Crippen molar-refractivity contribution < 1.29 is 4.79 Å². The Balaban J connectivity index is 1.93. The van der Waals surface area contributed by atoms with Crippen LogP contribution < -0.4 is 5.32 Å². The highest BCUT2D eigenvalue weighted by molar-refractivity contribution is 5.97. The van der Waals surface area contributed by atoms with Gasteiger partial charge in [0.15, 0.2) is 0 Å². The van der Waals surface area contributed by atoms with Gasteiger partial charge in [0.05, 0.1) is 0 Å². The van der Waals surface area contributed by atoms with Crippen molar-refractivity contribution in [2.24, 2.45) is 5.41 Å². The molecule has 3 rings (SSSR count). The second-order valence-electron chi connectivity index (χ2n) is 6.36. The number of benzene rings is 2. The maximum absolute atomic E-state index is 12.2. The Kier molecular flexibility index (Phi) is 3.32. The van der Waals surface area contributed by atoms with Crippen molar-refractivity contribution in [2.75, 3.05) is 5.32 Å². The van der Waals surface area contributed by atoms with Crippen LogP contribution in [-0.2, 0) is 4.79 Å². The fraction of sp³-hybridized carbons (Fsp3) is 0.316. The molecule has 0 bridgehead atoms. The van der Waals surface area contributed by atoms with Crippen LogP contribution in [0.15, 0.2) is 42.5 Å². The zero-order chi connectivity index (χ0) is 15.0. The predicted molar refractivity (Wildman–Crippen MR) is 87.3 cm³/mol. The molecule has 1 saturated carbocycles. The second kappa shape index (κ2) is 5.03. The standard InChI is InChI=1S/C19H21NO/c1-13-6-4-5-7-16(13)17-12-15(9-8-14(17)2)20-18(21)19(3)10-11-19/h4-9,12H,10-11H2,1-3H3,(H,20,21). The minimum Gasteiger partial charge on any atom is -0.326 e. The first-order valence-electron chi connectivity index (χ1n) is 7.48. The van der Waals surface area contributed by atoms with E-state index in [-0.39, 0.29) is 11.3 Å². The van der Waals surface area contributed by atoms with Crippen molar-refractivity contribution in [3.05, 3.63) is 53.6 Å². The molecule has 0 atom stereocenters. The van der Waals surface area contributed by atoms with Crippen LogP contribution in [0.1, 0.15) is 30.9 Å². The molecule has 108 valence electrons. The average molecular weight is 279 g/mol. The molecule has 2 aromatic rings. The summed E-state index contributed by atoms with van der Waals surface area (Å²) in [4.78, 5) is 12.2. The molecule has 2 nitrogen and oxygen atoms in total. The molecule has 1 amide bonds. The molecule has 0 aliphatic heterocycles. The van der Waals surface area contributed by atoms with Crippen molar-refractivity contribution in [1.29, 1.82) is 0 Å². The molecular formula is C19H21NO. The number of carbonyl (C=O) groups is 1. The molecule has 0 saturated heterocycles. The summed E-state index contributed by atoms with van der Waals surface area (Å²) in [6.07, 6.45) is 1.99. The molecule has 0 spiro atoms. The minimum atomic E-state index is -0.145. The lowest BCUT2D eigenvalue weighted by Gasteiger charge is -2.14. The first-order valence-corrected chi connectivity index (χ1v) is 7.48. The van der Waals surface area contributed by atoms with Crippen LogP contribution in [-0.4, -0.2) is 5.91 Å². The molecule has 0 heterocycles. The van der Waals surface area contributed by atoms with E-state index in [0.29, 0.717) is 0 Å². The molecule has 1 aliphatic rings. The number of carbonyl (C=O) groups excluding carboxylic acids is 1. The maximum atomic E-state index is 12.2. The molecule has 1 fully saturated rings. The van der Waals surface area contributed by atoms with Crippen molar-refractivity contribution in [1.82, 2.24) is 0 Å². The van der Waals surface area contributed by atoms with E-state index < -0.39 is 0 Å². The Morgan fingerprint density at radius 2 is 1.67 bits per heavy atom. The largest absolute Gasteiger partial charge is 0.326 e. The quantitative estimate of drug-likeness (QED) is 0.866. The molecule has 0 unspecified atom stereocenters. The third-order valence-electron chi connectivity index (χ3n) is 4.48. The van der Waals surface area contributed by atoms with Gasteiger partial charge >= 0.3 is 0 Å².